The van der Waals surface area contributed by atoms with Gasteiger partial charge in [-0.2, -0.15) is 5.10 Å². The zero-order chi connectivity index (χ0) is 16.8. The summed E-state index contributed by atoms with van der Waals surface area (Å²) in [4.78, 5) is 18.5. The van der Waals surface area contributed by atoms with Gasteiger partial charge in [0.1, 0.15) is 5.82 Å². The standard InChI is InChI=1S/C16H22N6O2/c1-12-18-15(21-20-12)13-2-4-14(5-3-13)19-16(23)17-6-7-22-8-10-24-11-9-22/h2-5H,6-11H2,1H3,(H2,17,19,23)(H,18,20,21). The number of amides is 2. The monoisotopic (exact) mass is 330 g/mol. The Labute approximate surface area is 140 Å². The van der Waals surface area contributed by atoms with Crippen LogP contribution in [0, 0.1) is 6.92 Å². The summed E-state index contributed by atoms with van der Waals surface area (Å²) in [6, 6.07) is 7.23. The fraction of sp³-hybridized carbons (Fsp3) is 0.438. The van der Waals surface area contributed by atoms with Crippen LogP contribution in [0.1, 0.15) is 5.82 Å². The van der Waals surface area contributed by atoms with Crippen molar-refractivity contribution in [2.75, 3.05) is 44.7 Å². The number of ether oxygens (including phenoxy) is 1. The molecule has 1 aromatic carbocycles. The van der Waals surface area contributed by atoms with E-state index >= 15 is 0 Å². The number of hydrogen-bond donors (Lipinski definition) is 3. The fourth-order valence-electron chi connectivity index (χ4n) is 2.50. The van der Waals surface area contributed by atoms with Gasteiger partial charge in [0, 0.05) is 37.4 Å². The number of morpholine rings is 1. The van der Waals surface area contributed by atoms with Crippen molar-refractivity contribution in [2.45, 2.75) is 6.92 Å². The van der Waals surface area contributed by atoms with E-state index in [4.69, 9.17) is 4.74 Å². The molecule has 24 heavy (non-hydrogen) atoms. The molecule has 1 saturated heterocycles. The van der Waals surface area contributed by atoms with Gasteiger partial charge in [-0.05, 0) is 31.2 Å². The highest BCUT2D eigenvalue weighted by molar-refractivity contribution is 5.89. The molecule has 0 radical (unpaired) electrons. The smallest absolute Gasteiger partial charge is 0.319 e. The number of aromatic amines is 1. The van der Waals surface area contributed by atoms with Crippen LogP contribution < -0.4 is 10.6 Å². The van der Waals surface area contributed by atoms with Crippen LogP contribution in [-0.4, -0.2) is 65.5 Å². The van der Waals surface area contributed by atoms with Crippen LogP contribution >= 0.6 is 0 Å². The first-order chi connectivity index (χ1) is 11.7. The van der Waals surface area contributed by atoms with E-state index in [0.717, 1.165) is 49.9 Å². The Morgan fingerprint density at radius 1 is 1.29 bits per heavy atom. The third-order valence-corrected chi connectivity index (χ3v) is 3.82. The zero-order valence-electron chi connectivity index (χ0n) is 13.7. The van der Waals surface area contributed by atoms with Gasteiger partial charge >= 0.3 is 6.03 Å². The van der Waals surface area contributed by atoms with Gasteiger partial charge in [0.05, 0.1) is 13.2 Å². The summed E-state index contributed by atoms with van der Waals surface area (Å²) < 4.78 is 5.30. The van der Waals surface area contributed by atoms with Crippen molar-refractivity contribution >= 4 is 11.7 Å². The van der Waals surface area contributed by atoms with Crippen LogP contribution in [-0.2, 0) is 4.74 Å². The van der Waals surface area contributed by atoms with Crippen LogP contribution in [0.2, 0.25) is 0 Å². The highest BCUT2D eigenvalue weighted by Crippen LogP contribution is 2.17. The minimum atomic E-state index is -0.204. The number of H-pyrrole nitrogens is 1. The van der Waals surface area contributed by atoms with Crippen molar-refractivity contribution in [3.63, 3.8) is 0 Å². The minimum Gasteiger partial charge on any atom is -0.379 e. The number of aryl methyl sites for hydroxylation is 1. The van der Waals surface area contributed by atoms with E-state index < -0.39 is 0 Å². The molecule has 2 heterocycles. The summed E-state index contributed by atoms with van der Waals surface area (Å²) in [6.07, 6.45) is 0. The van der Waals surface area contributed by atoms with Crippen molar-refractivity contribution in [2.24, 2.45) is 0 Å². The quantitative estimate of drug-likeness (QED) is 0.766. The third kappa shape index (κ3) is 4.53. The SMILES string of the molecule is Cc1nc(-c2ccc(NC(=O)NCCN3CCOCC3)cc2)n[nH]1. The van der Waals surface area contributed by atoms with Crippen LogP contribution in [0.5, 0.6) is 0 Å². The molecule has 0 saturated carbocycles. The Kier molecular flexibility index (Phi) is 5.39. The van der Waals surface area contributed by atoms with Gasteiger partial charge in [-0.3, -0.25) is 10.00 Å². The van der Waals surface area contributed by atoms with Gasteiger partial charge in [0.2, 0.25) is 0 Å². The summed E-state index contributed by atoms with van der Waals surface area (Å²) in [7, 11) is 0. The topological polar surface area (TPSA) is 95.2 Å². The third-order valence-electron chi connectivity index (χ3n) is 3.82. The summed E-state index contributed by atoms with van der Waals surface area (Å²) in [5, 5.41) is 12.6. The van der Waals surface area contributed by atoms with Crippen molar-refractivity contribution in [3.05, 3.63) is 30.1 Å². The lowest BCUT2D eigenvalue weighted by Crippen LogP contribution is -2.42. The first kappa shape index (κ1) is 16.4. The highest BCUT2D eigenvalue weighted by atomic mass is 16.5. The lowest BCUT2D eigenvalue weighted by atomic mass is 10.2. The van der Waals surface area contributed by atoms with Gasteiger partial charge in [0.25, 0.3) is 0 Å². The van der Waals surface area contributed by atoms with E-state index in [1.165, 1.54) is 0 Å². The summed E-state index contributed by atoms with van der Waals surface area (Å²) in [5.41, 5.74) is 1.63. The molecular formula is C16H22N6O2. The summed E-state index contributed by atoms with van der Waals surface area (Å²) in [5.74, 6) is 1.42. The largest absolute Gasteiger partial charge is 0.379 e. The number of nitrogens with one attached hydrogen (secondary N) is 3. The molecule has 0 spiro atoms. The molecule has 0 atom stereocenters. The molecule has 8 heteroatoms. The molecule has 0 bridgehead atoms. The van der Waals surface area contributed by atoms with Gasteiger partial charge in [-0.15, -0.1) is 0 Å². The first-order valence-corrected chi connectivity index (χ1v) is 8.05. The van der Waals surface area contributed by atoms with E-state index in [2.05, 4.69) is 30.7 Å². The van der Waals surface area contributed by atoms with Gasteiger partial charge < -0.3 is 15.4 Å². The Morgan fingerprint density at radius 2 is 2.04 bits per heavy atom. The average Bonchev–Trinajstić information content (AvgIpc) is 3.03. The number of aromatic nitrogens is 3. The number of urea groups is 1. The zero-order valence-corrected chi connectivity index (χ0v) is 13.7. The van der Waals surface area contributed by atoms with Crippen molar-refractivity contribution in [1.29, 1.82) is 0 Å². The predicted octanol–water partition coefficient (Wildman–Crippen LogP) is 1.23. The number of rotatable bonds is 5. The van der Waals surface area contributed by atoms with Crippen LogP contribution in [0.3, 0.4) is 0 Å². The lowest BCUT2D eigenvalue weighted by Gasteiger charge is -2.26. The number of nitrogens with zero attached hydrogens (tertiary/aromatic N) is 3. The maximum absolute atomic E-state index is 11.9. The predicted molar refractivity (Wildman–Crippen MR) is 90.8 cm³/mol. The Morgan fingerprint density at radius 3 is 2.71 bits per heavy atom. The van der Waals surface area contributed by atoms with Gasteiger partial charge in [-0.25, -0.2) is 9.78 Å². The van der Waals surface area contributed by atoms with Gasteiger partial charge in [-0.1, -0.05) is 0 Å². The molecular weight excluding hydrogens is 308 g/mol. The molecule has 3 N–H and O–H groups in total. The molecule has 1 aromatic heterocycles. The molecule has 2 aromatic rings. The highest BCUT2D eigenvalue weighted by Gasteiger charge is 2.10. The second-order valence-electron chi connectivity index (χ2n) is 5.66. The molecule has 0 unspecified atom stereocenters. The van der Waals surface area contributed by atoms with Crippen LogP contribution in [0.25, 0.3) is 11.4 Å². The van der Waals surface area contributed by atoms with E-state index in [1.807, 2.05) is 31.2 Å². The average molecular weight is 330 g/mol. The Hall–Kier alpha value is -2.45. The van der Waals surface area contributed by atoms with E-state index in [0.29, 0.717) is 12.4 Å². The number of benzene rings is 1. The summed E-state index contributed by atoms with van der Waals surface area (Å²) in [6.45, 7) is 6.68. The van der Waals surface area contributed by atoms with Gasteiger partial charge in [0.15, 0.2) is 5.82 Å². The van der Waals surface area contributed by atoms with Crippen molar-refractivity contribution < 1.29 is 9.53 Å². The Bertz CT molecular complexity index is 663. The number of anilines is 1. The van der Waals surface area contributed by atoms with E-state index in [1.54, 1.807) is 0 Å². The molecule has 0 aliphatic carbocycles. The van der Waals surface area contributed by atoms with E-state index in [9.17, 15) is 4.79 Å². The fourth-order valence-corrected chi connectivity index (χ4v) is 2.50. The molecule has 1 fully saturated rings. The maximum Gasteiger partial charge on any atom is 0.319 e. The first-order valence-electron chi connectivity index (χ1n) is 8.05. The molecule has 8 nitrogen and oxygen atoms in total. The molecule has 1 aliphatic heterocycles. The van der Waals surface area contributed by atoms with Crippen molar-refractivity contribution in [1.82, 2.24) is 25.4 Å². The molecule has 2 amide bonds. The lowest BCUT2D eigenvalue weighted by molar-refractivity contribution is 0.0388. The minimum absolute atomic E-state index is 0.204. The second-order valence-corrected chi connectivity index (χ2v) is 5.66. The number of carbonyl (C=O) groups is 1. The molecule has 128 valence electrons. The normalized spacial score (nSPS) is 15.2. The number of carbonyl (C=O) groups excluding carboxylic acids is 1. The van der Waals surface area contributed by atoms with Crippen LogP contribution in [0.15, 0.2) is 24.3 Å². The Balaban J connectivity index is 1.44. The van der Waals surface area contributed by atoms with Crippen LogP contribution in [0.4, 0.5) is 10.5 Å². The number of hydrogen-bond acceptors (Lipinski definition) is 5. The maximum atomic E-state index is 11.9. The molecule has 1 aliphatic rings. The molecule has 3 rings (SSSR count). The van der Waals surface area contributed by atoms with E-state index in [-0.39, 0.29) is 6.03 Å². The summed E-state index contributed by atoms with van der Waals surface area (Å²) >= 11 is 0. The van der Waals surface area contributed by atoms with Crippen molar-refractivity contribution in [3.8, 4) is 11.4 Å². The second kappa shape index (κ2) is 7.89.